The Morgan fingerprint density at radius 2 is 2.33 bits per heavy atom. The molecule has 0 amide bonds. The van der Waals surface area contributed by atoms with E-state index in [0.29, 0.717) is 26.0 Å². The largest absolute Gasteiger partial charge is 0.392 e. The van der Waals surface area contributed by atoms with Gasteiger partial charge >= 0.3 is 0 Å². The number of ether oxygens (including phenoxy) is 1. The Labute approximate surface area is 90.4 Å². The number of hydrogen-bond acceptors (Lipinski definition) is 4. The number of hydrogen-bond donors (Lipinski definition) is 2. The number of rotatable bonds is 5. The van der Waals surface area contributed by atoms with Crippen LogP contribution in [0.2, 0.25) is 0 Å². The molecule has 1 aliphatic rings. The summed E-state index contributed by atoms with van der Waals surface area (Å²) in [6, 6.07) is 0. The average molecular weight is 238 g/mol. The first-order chi connectivity index (χ1) is 7.06. The van der Waals surface area contributed by atoms with E-state index in [-0.39, 0.29) is 13.1 Å². The highest BCUT2D eigenvalue weighted by Crippen LogP contribution is 2.12. The van der Waals surface area contributed by atoms with Crippen LogP contribution < -0.4 is 4.72 Å². The predicted molar refractivity (Wildman–Crippen MR) is 55.6 cm³/mol. The Bertz CT molecular complexity index is 280. The monoisotopic (exact) mass is 238 g/mol. The van der Waals surface area contributed by atoms with Crippen molar-refractivity contribution >= 4 is 10.2 Å². The molecule has 0 aromatic heterocycles. The van der Waals surface area contributed by atoms with Gasteiger partial charge in [-0.2, -0.15) is 17.4 Å². The van der Waals surface area contributed by atoms with Gasteiger partial charge < -0.3 is 9.84 Å². The number of nitrogens with zero attached hydrogens (tertiary/aromatic N) is 1. The maximum absolute atomic E-state index is 11.7. The Hall–Kier alpha value is -0.210. The van der Waals surface area contributed by atoms with Crippen molar-refractivity contribution in [1.82, 2.24) is 9.03 Å². The molecule has 1 aliphatic heterocycles. The normalized spacial score (nSPS) is 24.3. The lowest BCUT2D eigenvalue weighted by Gasteiger charge is -2.29. The molecule has 0 aromatic carbocycles. The molecule has 0 aromatic rings. The summed E-state index contributed by atoms with van der Waals surface area (Å²) in [5, 5.41) is 9.36. The van der Waals surface area contributed by atoms with Gasteiger partial charge in [0.25, 0.3) is 10.2 Å². The number of β-amino-alcohol motifs (C(OH)–C–C–N with tert-alkyl or cyclic N) is 1. The standard InChI is InChI=1S/C8H18N2O4S/c1-14-6-4-9-15(12,13)10-5-2-3-8(11)7-10/h8-9,11H,2-7H2,1H3. The van der Waals surface area contributed by atoms with Crippen LogP contribution in [0.15, 0.2) is 0 Å². The van der Waals surface area contributed by atoms with Crippen LogP contribution in [0.25, 0.3) is 0 Å². The van der Waals surface area contributed by atoms with E-state index in [0.717, 1.165) is 0 Å². The topological polar surface area (TPSA) is 78.9 Å². The first-order valence-electron chi connectivity index (χ1n) is 4.98. The van der Waals surface area contributed by atoms with Crippen LogP contribution in [-0.2, 0) is 14.9 Å². The van der Waals surface area contributed by atoms with Crippen LogP contribution in [-0.4, -0.2) is 57.3 Å². The minimum atomic E-state index is -3.45. The van der Waals surface area contributed by atoms with Crippen LogP contribution in [0.5, 0.6) is 0 Å². The Kier molecular flexibility index (Phi) is 4.94. The van der Waals surface area contributed by atoms with Crippen molar-refractivity contribution in [3.8, 4) is 0 Å². The minimum Gasteiger partial charge on any atom is -0.392 e. The van der Waals surface area contributed by atoms with Crippen molar-refractivity contribution in [1.29, 1.82) is 0 Å². The summed E-state index contributed by atoms with van der Waals surface area (Å²) in [6.45, 7) is 1.25. The van der Waals surface area contributed by atoms with Crippen LogP contribution in [0, 0.1) is 0 Å². The second-order valence-corrected chi connectivity index (χ2v) is 5.30. The first-order valence-corrected chi connectivity index (χ1v) is 6.42. The van der Waals surface area contributed by atoms with E-state index in [9.17, 15) is 13.5 Å². The van der Waals surface area contributed by atoms with Crippen molar-refractivity contribution in [3.63, 3.8) is 0 Å². The van der Waals surface area contributed by atoms with Crippen LogP contribution >= 0.6 is 0 Å². The molecule has 0 radical (unpaired) electrons. The lowest BCUT2D eigenvalue weighted by atomic mass is 10.1. The fourth-order valence-corrected chi connectivity index (χ4v) is 2.76. The summed E-state index contributed by atoms with van der Waals surface area (Å²) in [4.78, 5) is 0. The van der Waals surface area contributed by atoms with Crippen molar-refractivity contribution in [2.45, 2.75) is 18.9 Å². The molecule has 1 fully saturated rings. The van der Waals surface area contributed by atoms with Crippen molar-refractivity contribution < 1.29 is 18.3 Å². The maximum Gasteiger partial charge on any atom is 0.279 e. The third-order valence-electron chi connectivity index (χ3n) is 2.29. The van der Waals surface area contributed by atoms with E-state index in [1.54, 1.807) is 0 Å². The summed E-state index contributed by atoms with van der Waals surface area (Å²) in [5.74, 6) is 0. The number of aliphatic hydroxyl groups is 1. The molecule has 6 nitrogen and oxygen atoms in total. The van der Waals surface area contributed by atoms with Gasteiger partial charge in [0, 0.05) is 26.7 Å². The lowest BCUT2D eigenvalue weighted by Crippen LogP contribution is -2.48. The SMILES string of the molecule is COCCNS(=O)(=O)N1CCCC(O)C1. The number of nitrogens with one attached hydrogen (secondary N) is 1. The molecule has 1 heterocycles. The van der Waals surface area contributed by atoms with Crippen molar-refractivity contribution in [2.75, 3.05) is 33.4 Å². The number of aliphatic hydroxyl groups excluding tert-OH is 1. The fraction of sp³-hybridized carbons (Fsp3) is 1.00. The molecule has 0 bridgehead atoms. The van der Waals surface area contributed by atoms with E-state index in [1.807, 2.05) is 0 Å². The fourth-order valence-electron chi connectivity index (χ4n) is 1.50. The molecule has 7 heteroatoms. The zero-order chi connectivity index (χ0) is 11.3. The van der Waals surface area contributed by atoms with Gasteiger partial charge in [0.15, 0.2) is 0 Å². The van der Waals surface area contributed by atoms with Gasteiger partial charge in [0.05, 0.1) is 12.7 Å². The first kappa shape index (κ1) is 12.9. The molecule has 2 N–H and O–H groups in total. The quantitative estimate of drug-likeness (QED) is 0.597. The van der Waals surface area contributed by atoms with E-state index in [1.165, 1.54) is 11.4 Å². The zero-order valence-corrected chi connectivity index (χ0v) is 9.66. The second-order valence-electron chi connectivity index (χ2n) is 3.55. The molecule has 1 atom stereocenters. The molecule has 90 valence electrons. The molecule has 1 rings (SSSR count). The molecule has 15 heavy (non-hydrogen) atoms. The average Bonchev–Trinajstić information content (AvgIpc) is 2.18. The third-order valence-corrected chi connectivity index (χ3v) is 3.87. The highest BCUT2D eigenvalue weighted by atomic mass is 32.2. The van der Waals surface area contributed by atoms with E-state index >= 15 is 0 Å². The van der Waals surface area contributed by atoms with Crippen LogP contribution in [0.1, 0.15) is 12.8 Å². The molecule has 0 spiro atoms. The van der Waals surface area contributed by atoms with Gasteiger partial charge in [-0.3, -0.25) is 0 Å². The van der Waals surface area contributed by atoms with Gasteiger partial charge in [0.2, 0.25) is 0 Å². The molecule has 0 aliphatic carbocycles. The zero-order valence-electron chi connectivity index (χ0n) is 8.85. The number of methoxy groups -OCH3 is 1. The summed E-state index contributed by atoms with van der Waals surface area (Å²) >= 11 is 0. The molecule has 0 saturated carbocycles. The van der Waals surface area contributed by atoms with Crippen LogP contribution in [0.4, 0.5) is 0 Å². The highest BCUT2D eigenvalue weighted by Gasteiger charge is 2.27. The van der Waals surface area contributed by atoms with Crippen molar-refractivity contribution in [3.05, 3.63) is 0 Å². The van der Waals surface area contributed by atoms with Crippen LogP contribution in [0.3, 0.4) is 0 Å². The van der Waals surface area contributed by atoms with E-state index in [2.05, 4.69) is 4.72 Å². The van der Waals surface area contributed by atoms with E-state index in [4.69, 9.17) is 4.74 Å². The second kappa shape index (κ2) is 5.76. The summed E-state index contributed by atoms with van der Waals surface area (Å²) < 4.78 is 31.7. The minimum absolute atomic E-state index is 0.183. The van der Waals surface area contributed by atoms with Gasteiger partial charge in [-0.05, 0) is 12.8 Å². The summed E-state index contributed by atoms with van der Waals surface area (Å²) in [7, 11) is -1.93. The van der Waals surface area contributed by atoms with Crippen molar-refractivity contribution in [2.24, 2.45) is 0 Å². The summed E-state index contributed by atoms with van der Waals surface area (Å²) in [6.07, 6.45) is 0.828. The Morgan fingerprint density at radius 3 is 2.93 bits per heavy atom. The smallest absolute Gasteiger partial charge is 0.279 e. The van der Waals surface area contributed by atoms with Gasteiger partial charge in [-0.1, -0.05) is 0 Å². The molecule has 1 unspecified atom stereocenters. The molecule has 1 saturated heterocycles. The van der Waals surface area contributed by atoms with Gasteiger partial charge in [-0.25, -0.2) is 0 Å². The van der Waals surface area contributed by atoms with E-state index < -0.39 is 16.3 Å². The van der Waals surface area contributed by atoms with Gasteiger partial charge in [0.1, 0.15) is 0 Å². The van der Waals surface area contributed by atoms with Gasteiger partial charge in [-0.15, -0.1) is 0 Å². The lowest BCUT2D eigenvalue weighted by molar-refractivity contribution is 0.107. The Morgan fingerprint density at radius 1 is 1.60 bits per heavy atom. The maximum atomic E-state index is 11.7. The highest BCUT2D eigenvalue weighted by molar-refractivity contribution is 7.87. The Balaban J connectivity index is 2.45. The summed E-state index contributed by atoms with van der Waals surface area (Å²) in [5.41, 5.74) is 0. The predicted octanol–water partition coefficient (Wildman–Crippen LogP) is -1.08. The number of piperidine rings is 1. The molecular weight excluding hydrogens is 220 g/mol. The molecular formula is C8H18N2O4S. The third kappa shape index (κ3) is 4.04.